The highest BCUT2D eigenvalue weighted by molar-refractivity contribution is 8.00. The molecular formula is C8H11N3OS. The molecule has 0 spiro atoms. The van der Waals surface area contributed by atoms with Gasteiger partial charge in [0.2, 0.25) is 0 Å². The minimum atomic E-state index is 0.188. The molecule has 5 heteroatoms. The molecule has 1 rings (SSSR count). The minimum Gasteiger partial charge on any atom is -0.409 e. The lowest BCUT2D eigenvalue weighted by molar-refractivity contribution is 0.318. The molecule has 0 aliphatic rings. The van der Waals surface area contributed by atoms with Crippen molar-refractivity contribution in [3.8, 4) is 0 Å². The fraction of sp³-hybridized carbons (Fsp3) is 0.125. The first-order chi connectivity index (χ1) is 6.24. The van der Waals surface area contributed by atoms with E-state index >= 15 is 0 Å². The fourth-order valence-electron chi connectivity index (χ4n) is 0.793. The molecule has 0 aromatic heterocycles. The van der Waals surface area contributed by atoms with Gasteiger partial charge in [0.1, 0.15) is 5.84 Å². The fourth-order valence-corrected chi connectivity index (χ4v) is 1.56. The van der Waals surface area contributed by atoms with Crippen molar-refractivity contribution >= 4 is 23.3 Å². The Kier molecular flexibility index (Phi) is 3.45. The molecule has 13 heavy (non-hydrogen) atoms. The Labute approximate surface area is 80.6 Å². The molecule has 0 fully saturated rings. The van der Waals surface area contributed by atoms with Gasteiger partial charge in [-0.2, -0.15) is 0 Å². The molecule has 70 valence electrons. The molecule has 0 unspecified atom stereocenters. The maximum absolute atomic E-state index is 8.30. The van der Waals surface area contributed by atoms with Crippen molar-refractivity contribution < 1.29 is 5.21 Å². The largest absolute Gasteiger partial charge is 0.409 e. The summed E-state index contributed by atoms with van der Waals surface area (Å²) in [6.45, 7) is 0. The van der Waals surface area contributed by atoms with Crippen molar-refractivity contribution in [3.05, 3.63) is 24.3 Å². The predicted octanol–water partition coefficient (Wildman–Crippen LogP) is 1.11. The molecule has 1 aromatic rings. The van der Waals surface area contributed by atoms with E-state index in [0.29, 0.717) is 11.4 Å². The van der Waals surface area contributed by atoms with E-state index < -0.39 is 0 Å². The van der Waals surface area contributed by atoms with Gasteiger partial charge in [-0.05, 0) is 12.1 Å². The quantitative estimate of drug-likeness (QED) is 0.169. The van der Waals surface area contributed by atoms with Gasteiger partial charge < -0.3 is 16.7 Å². The van der Waals surface area contributed by atoms with Gasteiger partial charge in [-0.15, -0.1) is 11.8 Å². The summed E-state index contributed by atoms with van der Waals surface area (Å²) in [4.78, 5) is 0.939. The number of benzene rings is 1. The van der Waals surface area contributed by atoms with Crippen LogP contribution < -0.4 is 11.5 Å². The van der Waals surface area contributed by atoms with Crippen LogP contribution in [0.1, 0.15) is 0 Å². The average Bonchev–Trinajstić information content (AvgIpc) is 2.16. The molecule has 5 N–H and O–H groups in total. The summed E-state index contributed by atoms with van der Waals surface area (Å²) in [6.07, 6.45) is 0. The number of thioether (sulfide) groups is 1. The molecule has 0 radical (unpaired) electrons. The van der Waals surface area contributed by atoms with E-state index in [0.717, 1.165) is 4.90 Å². The lowest BCUT2D eigenvalue weighted by Gasteiger charge is -2.02. The Bertz CT molecular complexity index is 314. The molecule has 0 amide bonds. The van der Waals surface area contributed by atoms with Crippen LogP contribution in [0.15, 0.2) is 34.3 Å². The van der Waals surface area contributed by atoms with E-state index in [9.17, 15) is 0 Å². The van der Waals surface area contributed by atoms with Gasteiger partial charge in [0.25, 0.3) is 0 Å². The van der Waals surface area contributed by atoms with E-state index in [2.05, 4.69) is 5.16 Å². The van der Waals surface area contributed by atoms with Gasteiger partial charge in [-0.1, -0.05) is 17.3 Å². The molecule has 0 heterocycles. The van der Waals surface area contributed by atoms with Crippen LogP contribution >= 0.6 is 11.8 Å². The number of rotatable bonds is 3. The van der Waals surface area contributed by atoms with Crippen LogP contribution in [0.5, 0.6) is 0 Å². The summed E-state index contributed by atoms with van der Waals surface area (Å²) in [6, 6.07) is 7.47. The first kappa shape index (κ1) is 9.73. The topological polar surface area (TPSA) is 84.6 Å². The Morgan fingerprint density at radius 3 is 2.77 bits per heavy atom. The minimum absolute atomic E-state index is 0.188. The number of para-hydroxylation sites is 1. The zero-order valence-electron chi connectivity index (χ0n) is 6.97. The van der Waals surface area contributed by atoms with Gasteiger partial charge in [-0.3, -0.25) is 0 Å². The third-order valence-corrected chi connectivity index (χ3v) is 2.55. The summed E-state index contributed by atoms with van der Waals surface area (Å²) < 4.78 is 0. The summed E-state index contributed by atoms with van der Waals surface area (Å²) in [5.74, 6) is 0.623. The molecule has 0 atom stereocenters. The number of nitrogens with two attached hydrogens (primary N) is 2. The first-order valence-electron chi connectivity index (χ1n) is 3.67. The molecular weight excluding hydrogens is 186 g/mol. The standard InChI is InChI=1S/C8H11N3OS/c9-6-3-1-2-4-7(6)13-5-8(10)11-12/h1-4,12H,5,9H2,(H2,10,11). The normalized spacial score (nSPS) is 11.5. The van der Waals surface area contributed by atoms with Crippen LogP contribution in [0.2, 0.25) is 0 Å². The van der Waals surface area contributed by atoms with Crippen LogP contribution in [0.4, 0.5) is 5.69 Å². The maximum atomic E-state index is 8.30. The van der Waals surface area contributed by atoms with E-state index in [1.54, 1.807) is 0 Å². The van der Waals surface area contributed by atoms with E-state index in [1.807, 2.05) is 24.3 Å². The number of hydrogen-bond acceptors (Lipinski definition) is 4. The van der Waals surface area contributed by atoms with E-state index in [-0.39, 0.29) is 5.84 Å². The smallest absolute Gasteiger partial charge is 0.149 e. The third-order valence-electron chi connectivity index (χ3n) is 1.42. The highest BCUT2D eigenvalue weighted by Gasteiger charge is 1.99. The van der Waals surface area contributed by atoms with Crippen LogP contribution in [-0.4, -0.2) is 16.8 Å². The summed E-state index contributed by atoms with van der Waals surface area (Å²) >= 11 is 1.44. The summed E-state index contributed by atoms with van der Waals surface area (Å²) in [5, 5.41) is 11.2. The molecule has 0 saturated carbocycles. The lowest BCUT2D eigenvalue weighted by Crippen LogP contribution is -2.14. The van der Waals surface area contributed by atoms with Gasteiger partial charge in [0, 0.05) is 10.6 Å². The number of hydrogen-bond donors (Lipinski definition) is 3. The highest BCUT2D eigenvalue weighted by Crippen LogP contribution is 2.23. The van der Waals surface area contributed by atoms with Crippen molar-refractivity contribution in [1.29, 1.82) is 0 Å². The predicted molar refractivity (Wildman–Crippen MR) is 55.0 cm³/mol. The molecule has 0 saturated heterocycles. The second kappa shape index (κ2) is 4.61. The highest BCUT2D eigenvalue weighted by atomic mass is 32.2. The van der Waals surface area contributed by atoms with Gasteiger partial charge in [0.15, 0.2) is 0 Å². The van der Waals surface area contributed by atoms with E-state index in [4.69, 9.17) is 16.7 Å². The summed E-state index contributed by atoms with van der Waals surface area (Å²) in [5.41, 5.74) is 11.7. The van der Waals surface area contributed by atoms with Crippen molar-refractivity contribution in [2.75, 3.05) is 11.5 Å². The zero-order valence-corrected chi connectivity index (χ0v) is 7.79. The first-order valence-corrected chi connectivity index (χ1v) is 4.66. The monoisotopic (exact) mass is 197 g/mol. The second-order valence-corrected chi connectivity index (χ2v) is 3.44. The van der Waals surface area contributed by atoms with Crippen molar-refractivity contribution in [1.82, 2.24) is 0 Å². The lowest BCUT2D eigenvalue weighted by atomic mass is 10.3. The van der Waals surface area contributed by atoms with Crippen LogP contribution in [0.25, 0.3) is 0 Å². The molecule has 0 aliphatic heterocycles. The van der Waals surface area contributed by atoms with Crippen LogP contribution in [-0.2, 0) is 0 Å². The van der Waals surface area contributed by atoms with Gasteiger partial charge in [-0.25, -0.2) is 0 Å². The van der Waals surface area contributed by atoms with Gasteiger partial charge in [0.05, 0.1) is 5.75 Å². The molecule has 4 nitrogen and oxygen atoms in total. The van der Waals surface area contributed by atoms with E-state index in [1.165, 1.54) is 11.8 Å². The van der Waals surface area contributed by atoms with Crippen molar-refractivity contribution in [3.63, 3.8) is 0 Å². The zero-order chi connectivity index (χ0) is 9.68. The Balaban J connectivity index is 2.60. The van der Waals surface area contributed by atoms with Gasteiger partial charge >= 0.3 is 0 Å². The number of anilines is 1. The summed E-state index contributed by atoms with van der Waals surface area (Å²) in [7, 11) is 0. The van der Waals surface area contributed by atoms with Crippen molar-refractivity contribution in [2.24, 2.45) is 10.9 Å². The second-order valence-electron chi connectivity index (χ2n) is 2.42. The number of nitrogens with zero attached hydrogens (tertiary/aromatic N) is 1. The Morgan fingerprint density at radius 2 is 2.15 bits per heavy atom. The molecule has 1 aromatic carbocycles. The molecule has 0 aliphatic carbocycles. The Hall–Kier alpha value is -1.36. The van der Waals surface area contributed by atoms with Crippen LogP contribution in [0.3, 0.4) is 0 Å². The number of oxime groups is 1. The molecule has 0 bridgehead atoms. The maximum Gasteiger partial charge on any atom is 0.149 e. The van der Waals surface area contributed by atoms with Crippen LogP contribution in [0, 0.1) is 0 Å². The van der Waals surface area contributed by atoms with Crippen molar-refractivity contribution in [2.45, 2.75) is 4.90 Å². The third kappa shape index (κ3) is 2.87. The number of amidine groups is 1. The average molecular weight is 197 g/mol. The Morgan fingerprint density at radius 1 is 1.46 bits per heavy atom. The SMILES string of the molecule is NC(CSc1ccccc1N)=NO. The number of nitrogen functional groups attached to an aromatic ring is 1.